The number of thioether (sulfide) groups is 1. The van der Waals surface area contributed by atoms with Gasteiger partial charge in [-0.3, -0.25) is 24.1 Å². The number of carbonyl (C=O) groups is 5. The van der Waals surface area contributed by atoms with Crippen LogP contribution in [0.3, 0.4) is 0 Å². The molecule has 166 valence electrons. The van der Waals surface area contributed by atoms with E-state index >= 15 is 0 Å². The number of methoxy groups -OCH3 is 1. The van der Waals surface area contributed by atoms with Gasteiger partial charge in [-0.05, 0) is 11.4 Å². The van der Waals surface area contributed by atoms with Crippen LogP contribution in [0.1, 0.15) is 17.7 Å². The molecule has 0 spiro atoms. The van der Waals surface area contributed by atoms with Crippen LogP contribution in [0.15, 0.2) is 28.8 Å². The first-order valence-corrected chi connectivity index (χ1v) is 10.8. The summed E-state index contributed by atoms with van der Waals surface area (Å²) in [6, 6.07) is 3.05. The SMILES string of the molecule is CO[C@@H]1C(=O)N2C(C(=O)O)=C(C(NC(=O)C(C(=O)O)c3cccs3)OC(C)=O)CS[C@H]12. The van der Waals surface area contributed by atoms with Crippen molar-refractivity contribution in [2.24, 2.45) is 0 Å². The van der Waals surface area contributed by atoms with E-state index in [1.807, 2.05) is 0 Å². The third-order valence-electron chi connectivity index (χ3n) is 4.62. The molecule has 1 fully saturated rings. The minimum Gasteiger partial charge on any atom is -0.480 e. The number of fused-ring (bicyclic) bond motifs is 1. The lowest BCUT2D eigenvalue weighted by Gasteiger charge is -2.49. The van der Waals surface area contributed by atoms with Crippen molar-refractivity contribution in [3.63, 3.8) is 0 Å². The molecule has 1 saturated heterocycles. The van der Waals surface area contributed by atoms with Gasteiger partial charge in [-0.2, -0.15) is 0 Å². The first-order chi connectivity index (χ1) is 14.7. The Morgan fingerprint density at radius 1 is 1.29 bits per heavy atom. The zero-order valence-electron chi connectivity index (χ0n) is 16.3. The molecule has 2 amide bonds. The second-order valence-electron chi connectivity index (χ2n) is 6.53. The number of nitrogens with one attached hydrogen (secondary N) is 1. The first kappa shape index (κ1) is 22.8. The third kappa shape index (κ3) is 4.29. The van der Waals surface area contributed by atoms with E-state index in [-0.39, 0.29) is 16.2 Å². The summed E-state index contributed by atoms with van der Waals surface area (Å²) in [5.74, 6) is -6.86. The fourth-order valence-electron chi connectivity index (χ4n) is 3.28. The van der Waals surface area contributed by atoms with Crippen molar-refractivity contribution in [2.75, 3.05) is 12.9 Å². The average molecular weight is 470 g/mol. The Morgan fingerprint density at radius 2 is 2.00 bits per heavy atom. The minimum absolute atomic E-state index is 0.00487. The van der Waals surface area contributed by atoms with E-state index < -0.39 is 59.0 Å². The van der Waals surface area contributed by atoms with Crippen LogP contribution in [0.4, 0.5) is 0 Å². The van der Waals surface area contributed by atoms with Crippen molar-refractivity contribution < 1.29 is 43.7 Å². The van der Waals surface area contributed by atoms with Crippen molar-refractivity contribution in [2.45, 2.75) is 30.5 Å². The van der Waals surface area contributed by atoms with Crippen LogP contribution in [0.25, 0.3) is 0 Å². The van der Waals surface area contributed by atoms with Crippen molar-refractivity contribution in [1.29, 1.82) is 0 Å². The van der Waals surface area contributed by atoms with Crippen LogP contribution < -0.4 is 5.32 Å². The van der Waals surface area contributed by atoms with Gasteiger partial charge < -0.3 is 25.0 Å². The van der Waals surface area contributed by atoms with Gasteiger partial charge in [0, 0.05) is 30.2 Å². The molecule has 0 radical (unpaired) electrons. The van der Waals surface area contributed by atoms with Crippen molar-refractivity contribution in [3.05, 3.63) is 33.7 Å². The topological polar surface area (TPSA) is 160 Å². The molecule has 13 heteroatoms. The number of aliphatic carboxylic acids is 2. The number of carbonyl (C=O) groups excluding carboxylic acids is 3. The lowest BCUT2D eigenvalue weighted by atomic mass is 10.0. The van der Waals surface area contributed by atoms with Gasteiger partial charge in [0.05, 0.1) is 0 Å². The maximum absolute atomic E-state index is 12.8. The highest BCUT2D eigenvalue weighted by molar-refractivity contribution is 8.00. The van der Waals surface area contributed by atoms with Gasteiger partial charge in [0.25, 0.3) is 5.91 Å². The number of hydrogen-bond acceptors (Lipinski definition) is 9. The zero-order valence-corrected chi connectivity index (χ0v) is 17.9. The molecule has 31 heavy (non-hydrogen) atoms. The Kier molecular flexibility index (Phi) is 6.67. The molecule has 3 N–H and O–H groups in total. The third-order valence-corrected chi connectivity index (χ3v) is 6.83. The summed E-state index contributed by atoms with van der Waals surface area (Å²) < 4.78 is 10.2. The number of ether oxygens (including phenoxy) is 2. The standard InChI is InChI=1S/C18H18N2O9S2/c1-7(21)29-14(19-13(22)10(17(24)25)9-4-3-5-30-9)8-6-31-16-12(28-2)15(23)20(16)11(8)18(26)27/h3-5,10,12,14,16H,6H2,1-2H3,(H,19,22)(H,24,25)(H,26,27)/t10?,12-,14?,16-/m1/s1. The maximum Gasteiger partial charge on any atom is 0.352 e. The summed E-state index contributed by atoms with van der Waals surface area (Å²) in [6.45, 7) is 1.06. The van der Waals surface area contributed by atoms with Gasteiger partial charge >= 0.3 is 17.9 Å². The smallest absolute Gasteiger partial charge is 0.352 e. The van der Waals surface area contributed by atoms with Gasteiger partial charge in [0.15, 0.2) is 12.0 Å². The van der Waals surface area contributed by atoms with Crippen molar-refractivity contribution >= 4 is 52.8 Å². The van der Waals surface area contributed by atoms with E-state index in [0.29, 0.717) is 0 Å². The molecule has 2 aliphatic rings. The van der Waals surface area contributed by atoms with E-state index in [1.54, 1.807) is 11.4 Å². The van der Waals surface area contributed by atoms with Crippen LogP contribution in [0.5, 0.6) is 0 Å². The summed E-state index contributed by atoms with van der Waals surface area (Å²) in [5, 5.41) is 22.6. The van der Waals surface area contributed by atoms with Crippen LogP contribution in [-0.2, 0) is 33.4 Å². The highest BCUT2D eigenvalue weighted by atomic mass is 32.2. The fourth-order valence-corrected chi connectivity index (χ4v) is 5.49. The lowest BCUT2D eigenvalue weighted by molar-refractivity contribution is -0.162. The molecule has 0 aromatic carbocycles. The molecule has 2 aliphatic heterocycles. The van der Waals surface area contributed by atoms with Gasteiger partial charge in [-0.1, -0.05) is 6.07 Å². The lowest BCUT2D eigenvalue weighted by Crippen LogP contribution is -2.66. The molecule has 1 aromatic heterocycles. The van der Waals surface area contributed by atoms with E-state index in [0.717, 1.165) is 23.2 Å². The molecule has 0 bridgehead atoms. The number of carboxylic acid groups (broad SMARTS) is 2. The number of carboxylic acids is 2. The number of rotatable bonds is 8. The molecule has 4 atom stereocenters. The average Bonchev–Trinajstić information content (AvgIpc) is 3.20. The number of thiophene rings is 1. The summed E-state index contributed by atoms with van der Waals surface area (Å²) in [4.78, 5) is 61.6. The monoisotopic (exact) mass is 470 g/mol. The Hall–Kier alpha value is -2.90. The van der Waals surface area contributed by atoms with Gasteiger partial charge in [0.1, 0.15) is 11.1 Å². The van der Waals surface area contributed by atoms with Crippen LogP contribution >= 0.6 is 23.1 Å². The normalized spacial score (nSPS) is 22.1. The maximum atomic E-state index is 12.8. The van der Waals surface area contributed by atoms with E-state index in [2.05, 4.69) is 5.32 Å². The highest BCUT2D eigenvalue weighted by Crippen LogP contribution is 2.42. The Labute approximate surface area is 184 Å². The van der Waals surface area contributed by atoms with E-state index in [4.69, 9.17) is 9.47 Å². The second kappa shape index (κ2) is 9.08. The number of esters is 1. The number of nitrogens with zero attached hydrogens (tertiary/aromatic N) is 1. The largest absolute Gasteiger partial charge is 0.480 e. The minimum atomic E-state index is -1.58. The van der Waals surface area contributed by atoms with Gasteiger partial charge in [-0.25, -0.2) is 4.79 Å². The van der Waals surface area contributed by atoms with Crippen LogP contribution in [0, 0.1) is 0 Å². The van der Waals surface area contributed by atoms with Crippen LogP contribution in [-0.4, -0.2) is 75.4 Å². The molecule has 3 heterocycles. The summed E-state index contributed by atoms with van der Waals surface area (Å²) in [6.07, 6.45) is -2.38. The number of hydrogen-bond donors (Lipinski definition) is 3. The Bertz CT molecular complexity index is 959. The van der Waals surface area contributed by atoms with Gasteiger partial charge in [0.2, 0.25) is 12.1 Å². The summed E-state index contributed by atoms with van der Waals surface area (Å²) >= 11 is 2.23. The van der Waals surface area contributed by atoms with Crippen molar-refractivity contribution in [1.82, 2.24) is 10.2 Å². The predicted octanol–water partition coefficient (Wildman–Crippen LogP) is 0.191. The first-order valence-electron chi connectivity index (χ1n) is 8.85. The molecule has 3 rings (SSSR count). The molecule has 0 saturated carbocycles. The number of β-lactam (4-membered cyclic amide) rings is 1. The second-order valence-corrected chi connectivity index (χ2v) is 8.61. The Balaban J connectivity index is 1.96. The molecular weight excluding hydrogens is 452 g/mol. The highest BCUT2D eigenvalue weighted by Gasteiger charge is 2.55. The van der Waals surface area contributed by atoms with Gasteiger partial charge in [-0.15, -0.1) is 23.1 Å². The molecule has 2 unspecified atom stereocenters. The van der Waals surface area contributed by atoms with Crippen molar-refractivity contribution in [3.8, 4) is 0 Å². The molecule has 11 nitrogen and oxygen atoms in total. The molecule has 0 aliphatic carbocycles. The molecular formula is C18H18N2O9S2. The fraction of sp³-hybridized carbons (Fsp3) is 0.389. The van der Waals surface area contributed by atoms with Crippen LogP contribution in [0.2, 0.25) is 0 Å². The predicted molar refractivity (Wildman–Crippen MR) is 107 cm³/mol. The molecule has 1 aromatic rings. The van der Waals surface area contributed by atoms with E-state index in [9.17, 15) is 34.2 Å². The number of amides is 2. The van der Waals surface area contributed by atoms with E-state index in [1.165, 1.54) is 24.9 Å². The summed E-state index contributed by atoms with van der Waals surface area (Å²) in [5.41, 5.74) is -0.480. The summed E-state index contributed by atoms with van der Waals surface area (Å²) in [7, 11) is 1.33. The zero-order chi connectivity index (χ0) is 22.9. The Morgan fingerprint density at radius 3 is 2.52 bits per heavy atom. The quantitative estimate of drug-likeness (QED) is 0.207.